The molecular weight excluding hydrogens is 300 g/mol. The number of ether oxygens (including phenoxy) is 2. The zero-order valence-corrected chi connectivity index (χ0v) is 10.8. The highest BCUT2D eigenvalue weighted by molar-refractivity contribution is 7.89. The molecule has 20 heavy (non-hydrogen) atoms. The van der Waals surface area contributed by atoms with Crippen molar-refractivity contribution in [3.05, 3.63) is 18.2 Å². The van der Waals surface area contributed by atoms with Gasteiger partial charge in [0.1, 0.15) is 6.04 Å². The van der Waals surface area contributed by atoms with E-state index in [2.05, 4.69) is 9.47 Å². The molecule has 0 radical (unpaired) electrons. The van der Waals surface area contributed by atoms with Gasteiger partial charge >= 0.3 is 12.3 Å². The Hall–Kier alpha value is -1.94. The first kappa shape index (κ1) is 14.5. The summed E-state index contributed by atoms with van der Waals surface area (Å²) in [5, 5.41) is 8.64. The molecule has 0 bridgehead atoms. The van der Waals surface area contributed by atoms with Gasteiger partial charge in [-0.15, -0.1) is 8.78 Å². The highest BCUT2D eigenvalue weighted by atomic mass is 32.2. The number of halogens is 2. The molecule has 0 amide bonds. The van der Waals surface area contributed by atoms with Gasteiger partial charge in [-0.3, -0.25) is 4.79 Å². The van der Waals surface area contributed by atoms with Gasteiger partial charge in [0.05, 0.1) is 4.90 Å². The van der Waals surface area contributed by atoms with Crippen molar-refractivity contribution in [2.24, 2.45) is 0 Å². The molecule has 1 heterocycles. The third-order valence-electron chi connectivity index (χ3n) is 2.39. The van der Waals surface area contributed by atoms with Crippen molar-refractivity contribution in [1.29, 1.82) is 0 Å². The van der Waals surface area contributed by atoms with E-state index in [0.29, 0.717) is 0 Å². The average Bonchev–Trinajstić information content (AvgIpc) is 2.60. The summed E-state index contributed by atoms with van der Waals surface area (Å²) in [4.78, 5) is 10.2. The number of carboxylic acids is 1. The molecular formula is C10H9F2NO6S. The summed E-state index contributed by atoms with van der Waals surface area (Å²) in [6, 6.07) is 1.45. The van der Waals surface area contributed by atoms with Crippen LogP contribution in [0.2, 0.25) is 0 Å². The van der Waals surface area contributed by atoms with Gasteiger partial charge in [-0.2, -0.15) is 4.72 Å². The maximum atomic E-state index is 12.8. The van der Waals surface area contributed by atoms with Crippen LogP contribution in [0.25, 0.3) is 0 Å². The lowest BCUT2D eigenvalue weighted by molar-refractivity contribution is -0.286. The van der Waals surface area contributed by atoms with Crippen molar-refractivity contribution in [2.75, 3.05) is 0 Å². The van der Waals surface area contributed by atoms with E-state index >= 15 is 0 Å². The molecule has 0 saturated carbocycles. The van der Waals surface area contributed by atoms with Crippen LogP contribution < -0.4 is 14.2 Å². The zero-order valence-electron chi connectivity index (χ0n) is 9.96. The van der Waals surface area contributed by atoms with Gasteiger partial charge in [0.15, 0.2) is 11.5 Å². The first-order valence-corrected chi connectivity index (χ1v) is 6.74. The Kier molecular flexibility index (Phi) is 3.30. The predicted octanol–water partition coefficient (Wildman–Crippen LogP) is 0.760. The number of alkyl halides is 2. The summed E-state index contributed by atoms with van der Waals surface area (Å²) in [6.07, 6.45) is -3.85. The second kappa shape index (κ2) is 4.56. The third-order valence-corrected chi connectivity index (χ3v) is 3.92. The van der Waals surface area contributed by atoms with Crippen molar-refractivity contribution in [1.82, 2.24) is 4.72 Å². The number of hydrogen-bond acceptors (Lipinski definition) is 5. The van der Waals surface area contributed by atoms with Crippen molar-refractivity contribution >= 4 is 16.0 Å². The van der Waals surface area contributed by atoms with E-state index < -0.39 is 39.0 Å². The van der Waals surface area contributed by atoms with E-state index in [1.807, 2.05) is 4.72 Å². The van der Waals surface area contributed by atoms with E-state index in [4.69, 9.17) is 5.11 Å². The molecule has 0 spiro atoms. The van der Waals surface area contributed by atoms with Crippen LogP contribution in [0.1, 0.15) is 6.92 Å². The van der Waals surface area contributed by atoms with Gasteiger partial charge in [0.2, 0.25) is 10.0 Å². The number of hydrogen-bond donors (Lipinski definition) is 2. The number of nitrogens with one attached hydrogen (secondary N) is 1. The van der Waals surface area contributed by atoms with E-state index in [-0.39, 0.29) is 5.75 Å². The van der Waals surface area contributed by atoms with Crippen LogP contribution >= 0.6 is 0 Å². The van der Waals surface area contributed by atoms with Crippen LogP contribution in [0.4, 0.5) is 8.78 Å². The van der Waals surface area contributed by atoms with Crippen LogP contribution in [-0.2, 0) is 14.8 Å². The number of carbonyl (C=O) groups is 1. The minimum Gasteiger partial charge on any atom is -0.480 e. The maximum absolute atomic E-state index is 12.8. The van der Waals surface area contributed by atoms with E-state index in [9.17, 15) is 22.0 Å². The fraction of sp³-hybridized carbons (Fsp3) is 0.300. The quantitative estimate of drug-likeness (QED) is 0.851. The minimum absolute atomic E-state index is 0.305. The molecule has 1 aromatic carbocycles. The molecule has 1 aliphatic rings. The third kappa shape index (κ3) is 2.80. The van der Waals surface area contributed by atoms with Crippen molar-refractivity contribution < 1.29 is 36.6 Å². The molecule has 0 aromatic heterocycles. The van der Waals surface area contributed by atoms with Crippen LogP contribution in [0, 0.1) is 0 Å². The summed E-state index contributed by atoms with van der Waals surface area (Å²) in [5.41, 5.74) is 0. The second-order valence-electron chi connectivity index (χ2n) is 3.96. The largest absolute Gasteiger partial charge is 0.586 e. The molecule has 7 nitrogen and oxygen atoms in total. The summed E-state index contributed by atoms with van der Waals surface area (Å²) in [6.45, 7) is 1.13. The Morgan fingerprint density at radius 1 is 1.35 bits per heavy atom. The molecule has 10 heteroatoms. The smallest absolute Gasteiger partial charge is 0.480 e. The molecule has 1 aromatic rings. The molecule has 110 valence electrons. The van der Waals surface area contributed by atoms with Gasteiger partial charge in [0.25, 0.3) is 0 Å². The Morgan fingerprint density at radius 3 is 2.55 bits per heavy atom. The van der Waals surface area contributed by atoms with Crippen LogP contribution in [0.15, 0.2) is 23.1 Å². The minimum atomic E-state index is -4.17. The highest BCUT2D eigenvalue weighted by Gasteiger charge is 2.43. The highest BCUT2D eigenvalue weighted by Crippen LogP contribution is 2.41. The number of aliphatic carboxylic acids is 1. The van der Waals surface area contributed by atoms with E-state index in [0.717, 1.165) is 25.1 Å². The molecule has 0 saturated heterocycles. The lowest BCUT2D eigenvalue weighted by atomic mass is 10.3. The van der Waals surface area contributed by atoms with Crippen molar-refractivity contribution in [2.45, 2.75) is 24.2 Å². The number of benzene rings is 1. The SMILES string of the molecule is C[C@@H](NS(=O)(=O)c1ccc2c(c1)OC(F)(F)O2)C(=O)O. The predicted molar refractivity (Wildman–Crippen MR) is 60.1 cm³/mol. The van der Waals surface area contributed by atoms with Crippen LogP contribution in [-0.4, -0.2) is 31.8 Å². The zero-order chi connectivity index (χ0) is 15.1. The summed E-state index contributed by atoms with van der Waals surface area (Å²) < 4.78 is 59.4. The number of rotatable bonds is 4. The monoisotopic (exact) mass is 309 g/mol. The number of carboxylic acid groups (broad SMARTS) is 1. The summed E-state index contributed by atoms with van der Waals surface area (Å²) in [5.74, 6) is -2.12. The van der Waals surface area contributed by atoms with Gasteiger partial charge in [-0.1, -0.05) is 0 Å². The Labute approximate surface area is 112 Å². The molecule has 2 rings (SSSR count). The van der Waals surface area contributed by atoms with Crippen LogP contribution in [0.5, 0.6) is 11.5 Å². The molecule has 2 N–H and O–H groups in total. The first-order valence-electron chi connectivity index (χ1n) is 5.26. The lowest BCUT2D eigenvalue weighted by Crippen LogP contribution is -2.38. The molecule has 0 fully saturated rings. The van der Waals surface area contributed by atoms with E-state index in [1.54, 1.807) is 0 Å². The number of fused-ring (bicyclic) bond motifs is 1. The number of sulfonamides is 1. The summed E-state index contributed by atoms with van der Waals surface area (Å²) >= 11 is 0. The fourth-order valence-corrected chi connectivity index (χ4v) is 2.66. The lowest BCUT2D eigenvalue weighted by Gasteiger charge is -2.10. The topological polar surface area (TPSA) is 102 Å². The van der Waals surface area contributed by atoms with Gasteiger partial charge in [0, 0.05) is 6.07 Å². The van der Waals surface area contributed by atoms with Gasteiger partial charge < -0.3 is 14.6 Å². The first-order chi connectivity index (χ1) is 9.11. The van der Waals surface area contributed by atoms with Crippen LogP contribution in [0.3, 0.4) is 0 Å². The van der Waals surface area contributed by atoms with Crippen molar-refractivity contribution in [3.63, 3.8) is 0 Å². The standard InChI is InChI=1S/C10H9F2NO6S/c1-5(9(14)15)13-20(16,17)6-2-3-7-8(4-6)19-10(11,12)18-7/h2-5,13H,1H3,(H,14,15)/t5-/m1/s1. The second-order valence-corrected chi connectivity index (χ2v) is 5.67. The molecule has 1 aliphatic heterocycles. The fourth-order valence-electron chi connectivity index (χ4n) is 1.45. The molecule has 0 aliphatic carbocycles. The van der Waals surface area contributed by atoms with Crippen molar-refractivity contribution in [3.8, 4) is 11.5 Å². The Morgan fingerprint density at radius 2 is 1.95 bits per heavy atom. The summed E-state index contributed by atoms with van der Waals surface area (Å²) in [7, 11) is -4.17. The Balaban J connectivity index is 2.29. The van der Waals surface area contributed by atoms with Gasteiger partial charge in [-0.25, -0.2) is 8.42 Å². The van der Waals surface area contributed by atoms with Gasteiger partial charge in [-0.05, 0) is 19.1 Å². The normalized spacial score (nSPS) is 17.8. The molecule has 0 unspecified atom stereocenters. The maximum Gasteiger partial charge on any atom is 0.586 e. The average molecular weight is 309 g/mol. The Bertz CT molecular complexity index is 660. The van der Waals surface area contributed by atoms with E-state index in [1.165, 1.54) is 0 Å². The molecule has 1 atom stereocenters.